The van der Waals surface area contributed by atoms with E-state index >= 15 is 0 Å². The zero-order valence-corrected chi connectivity index (χ0v) is 15.6. The smallest absolute Gasteiger partial charge is 0.255 e. The molecule has 0 aromatic heterocycles. The third-order valence-corrected chi connectivity index (χ3v) is 4.16. The lowest BCUT2D eigenvalue weighted by Crippen LogP contribution is -2.40. The monoisotopic (exact) mass is 368 g/mol. The predicted octanol–water partition coefficient (Wildman–Crippen LogP) is 3.20. The molecule has 1 saturated heterocycles. The molecule has 27 heavy (non-hydrogen) atoms. The SMILES string of the molecule is CC(C)Oc1cccc(C(=O)Nc2ccc(C(=O)N3CCOCC3)cc2)c1. The number of carbonyl (C=O) groups excluding carboxylic acids is 2. The van der Waals surface area contributed by atoms with Crippen LogP contribution < -0.4 is 10.1 Å². The standard InChI is InChI=1S/C21H24N2O4/c1-15(2)27-19-5-3-4-17(14-19)20(24)22-18-8-6-16(7-9-18)21(25)23-10-12-26-13-11-23/h3-9,14-15H,10-13H2,1-2H3,(H,22,24). The summed E-state index contributed by atoms with van der Waals surface area (Å²) in [4.78, 5) is 26.7. The number of rotatable bonds is 5. The van der Waals surface area contributed by atoms with E-state index in [0.29, 0.717) is 48.9 Å². The second-order valence-electron chi connectivity index (χ2n) is 6.63. The molecule has 0 bridgehead atoms. The fraction of sp³-hybridized carbons (Fsp3) is 0.333. The van der Waals surface area contributed by atoms with Gasteiger partial charge in [-0.1, -0.05) is 6.07 Å². The molecule has 0 radical (unpaired) electrons. The number of amides is 2. The quantitative estimate of drug-likeness (QED) is 0.880. The minimum atomic E-state index is -0.225. The highest BCUT2D eigenvalue weighted by Gasteiger charge is 2.18. The zero-order valence-electron chi connectivity index (χ0n) is 15.6. The minimum Gasteiger partial charge on any atom is -0.491 e. The van der Waals surface area contributed by atoms with Crippen molar-refractivity contribution in [1.82, 2.24) is 4.90 Å². The molecular formula is C21H24N2O4. The molecular weight excluding hydrogens is 344 g/mol. The maximum atomic E-state index is 12.5. The maximum absolute atomic E-state index is 12.5. The highest BCUT2D eigenvalue weighted by molar-refractivity contribution is 6.04. The maximum Gasteiger partial charge on any atom is 0.255 e. The van der Waals surface area contributed by atoms with Gasteiger partial charge in [0, 0.05) is 29.9 Å². The summed E-state index contributed by atoms with van der Waals surface area (Å²) in [6.07, 6.45) is 0.0415. The van der Waals surface area contributed by atoms with E-state index in [-0.39, 0.29) is 17.9 Å². The van der Waals surface area contributed by atoms with Crippen LogP contribution in [-0.4, -0.2) is 49.1 Å². The topological polar surface area (TPSA) is 67.9 Å². The molecule has 0 aliphatic carbocycles. The molecule has 142 valence electrons. The summed E-state index contributed by atoms with van der Waals surface area (Å²) in [5.74, 6) is 0.412. The molecule has 2 aromatic carbocycles. The Hall–Kier alpha value is -2.86. The summed E-state index contributed by atoms with van der Waals surface area (Å²) < 4.78 is 10.9. The van der Waals surface area contributed by atoms with Crippen LogP contribution in [0.25, 0.3) is 0 Å². The lowest BCUT2D eigenvalue weighted by Gasteiger charge is -2.26. The Balaban J connectivity index is 1.64. The number of nitrogens with zero attached hydrogens (tertiary/aromatic N) is 1. The van der Waals surface area contributed by atoms with Gasteiger partial charge in [0.2, 0.25) is 0 Å². The Morgan fingerprint density at radius 1 is 1.04 bits per heavy atom. The van der Waals surface area contributed by atoms with Crippen molar-refractivity contribution in [2.45, 2.75) is 20.0 Å². The molecule has 1 heterocycles. The van der Waals surface area contributed by atoms with Gasteiger partial charge in [-0.3, -0.25) is 9.59 Å². The first-order chi connectivity index (χ1) is 13.0. The molecule has 6 nitrogen and oxygen atoms in total. The van der Waals surface area contributed by atoms with Crippen LogP contribution >= 0.6 is 0 Å². The first kappa shape index (κ1) is 18.9. The number of ether oxygens (including phenoxy) is 2. The van der Waals surface area contributed by atoms with Crippen LogP contribution in [0, 0.1) is 0 Å². The van der Waals surface area contributed by atoms with Crippen molar-refractivity contribution in [3.05, 3.63) is 59.7 Å². The van der Waals surface area contributed by atoms with Crippen LogP contribution in [0.2, 0.25) is 0 Å². The summed E-state index contributed by atoms with van der Waals surface area (Å²) in [6, 6.07) is 14.0. The molecule has 3 rings (SSSR count). The Morgan fingerprint density at radius 2 is 1.74 bits per heavy atom. The second-order valence-corrected chi connectivity index (χ2v) is 6.63. The fourth-order valence-corrected chi connectivity index (χ4v) is 2.83. The van der Waals surface area contributed by atoms with Gasteiger partial charge in [0.25, 0.3) is 11.8 Å². The summed E-state index contributed by atoms with van der Waals surface area (Å²) in [7, 11) is 0. The molecule has 2 amide bonds. The molecule has 1 N–H and O–H groups in total. The minimum absolute atomic E-state index is 0.0188. The van der Waals surface area contributed by atoms with Crippen molar-refractivity contribution < 1.29 is 19.1 Å². The molecule has 0 saturated carbocycles. The number of anilines is 1. The summed E-state index contributed by atoms with van der Waals surface area (Å²) in [5.41, 5.74) is 1.75. The largest absolute Gasteiger partial charge is 0.491 e. The van der Waals surface area contributed by atoms with Gasteiger partial charge >= 0.3 is 0 Å². The lowest BCUT2D eigenvalue weighted by molar-refractivity contribution is 0.0303. The average Bonchev–Trinajstić information content (AvgIpc) is 2.68. The molecule has 1 aliphatic rings. The van der Waals surface area contributed by atoms with Gasteiger partial charge in [-0.05, 0) is 56.3 Å². The van der Waals surface area contributed by atoms with Crippen molar-refractivity contribution in [2.24, 2.45) is 0 Å². The molecule has 0 atom stereocenters. The van der Waals surface area contributed by atoms with Crippen molar-refractivity contribution >= 4 is 17.5 Å². The van der Waals surface area contributed by atoms with Crippen LogP contribution in [-0.2, 0) is 4.74 Å². The number of hydrogen-bond acceptors (Lipinski definition) is 4. The number of carbonyl (C=O) groups is 2. The van der Waals surface area contributed by atoms with Gasteiger partial charge in [0.15, 0.2) is 0 Å². The van der Waals surface area contributed by atoms with E-state index in [0.717, 1.165) is 0 Å². The van der Waals surface area contributed by atoms with E-state index < -0.39 is 0 Å². The predicted molar refractivity (Wildman–Crippen MR) is 103 cm³/mol. The van der Waals surface area contributed by atoms with Crippen LogP contribution in [0.3, 0.4) is 0 Å². The third-order valence-electron chi connectivity index (χ3n) is 4.16. The second kappa shape index (κ2) is 8.68. The summed E-state index contributed by atoms with van der Waals surface area (Å²) in [6.45, 7) is 6.22. The molecule has 2 aromatic rings. The first-order valence-corrected chi connectivity index (χ1v) is 9.08. The lowest BCUT2D eigenvalue weighted by atomic mass is 10.1. The number of hydrogen-bond donors (Lipinski definition) is 1. The Labute approximate surface area is 159 Å². The normalized spacial score (nSPS) is 14.1. The molecule has 0 spiro atoms. The van der Waals surface area contributed by atoms with Crippen LogP contribution in [0.15, 0.2) is 48.5 Å². The van der Waals surface area contributed by atoms with E-state index in [2.05, 4.69) is 5.32 Å². The Bertz CT molecular complexity index is 796. The zero-order chi connectivity index (χ0) is 19.2. The van der Waals surface area contributed by atoms with Crippen LogP contribution in [0.1, 0.15) is 34.6 Å². The van der Waals surface area contributed by atoms with E-state index in [4.69, 9.17) is 9.47 Å². The van der Waals surface area contributed by atoms with E-state index in [9.17, 15) is 9.59 Å². The highest BCUT2D eigenvalue weighted by Crippen LogP contribution is 2.17. The number of nitrogens with one attached hydrogen (secondary N) is 1. The summed E-state index contributed by atoms with van der Waals surface area (Å²) in [5, 5.41) is 2.85. The molecule has 1 fully saturated rings. The van der Waals surface area contributed by atoms with Crippen molar-refractivity contribution in [3.63, 3.8) is 0 Å². The summed E-state index contributed by atoms with van der Waals surface area (Å²) >= 11 is 0. The highest BCUT2D eigenvalue weighted by atomic mass is 16.5. The molecule has 1 aliphatic heterocycles. The Kier molecular flexibility index (Phi) is 6.08. The van der Waals surface area contributed by atoms with E-state index in [1.54, 1.807) is 47.4 Å². The van der Waals surface area contributed by atoms with E-state index in [1.807, 2.05) is 19.9 Å². The average molecular weight is 368 g/mol. The molecule has 6 heteroatoms. The van der Waals surface area contributed by atoms with Crippen LogP contribution in [0.5, 0.6) is 5.75 Å². The third kappa shape index (κ3) is 5.08. The van der Waals surface area contributed by atoms with Gasteiger partial charge in [-0.2, -0.15) is 0 Å². The van der Waals surface area contributed by atoms with Gasteiger partial charge in [0.05, 0.1) is 19.3 Å². The molecule has 0 unspecified atom stereocenters. The fourth-order valence-electron chi connectivity index (χ4n) is 2.83. The van der Waals surface area contributed by atoms with Gasteiger partial charge in [-0.25, -0.2) is 0 Å². The van der Waals surface area contributed by atoms with Crippen LogP contribution in [0.4, 0.5) is 5.69 Å². The van der Waals surface area contributed by atoms with Gasteiger partial charge < -0.3 is 19.7 Å². The van der Waals surface area contributed by atoms with Gasteiger partial charge in [0.1, 0.15) is 5.75 Å². The van der Waals surface area contributed by atoms with Crippen molar-refractivity contribution in [1.29, 1.82) is 0 Å². The van der Waals surface area contributed by atoms with E-state index in [1.165, 1.54) is 0 Å². The Morgan fingerprint density at radius 3 is 2.41 bits per heavy atom. The number of morpholine rings is 1. The first-order valence-electron chi connectivity index (χ1n) is 9.08. The van der Waals surface area contributed by atoms with Crippen molar-refractivity contribution in [2.75, 3.05) is 31.6 Å². The van der Waals surface area contributed by atoms with Crippen molar-refractivity contribution in [3.8, 4) is 5.75 Å². The number of benzene rings is 2. The van der Waals surface area contributed by atoms with Gasteiger partial charge in [-0.15, -0.1) is 0 Å².